The lowest BCUT2D eigenvalue weighted by atomic mass is 10.1. The molecule has 0 atom stereocenters. The summed E-state index contributed by atoms with van der Waals surface area (Å²) in [6.45, 7) is 7.20. The number of rotatable bonds is 6. The van der Waals surface area contributed by atoms with Crippen LogP contribution in [-0.4, -0.2) is 35.3 Å². The lowest BCUT2D eigenvalue weighted by Crippen LogP contribution is -2.38. The van der Waals surface area contributed by atoms with Gasteiger partial charge in [-0.3, -0.25) is 4.79 Å². The Morgan fingerprint density at radius 1 is 1.39 bits per heavy atom. The van der Waals surface area contributed by atoms with E-state index in [4.69, 9.17) is 4.74 Å². The molecule has 0 aliphatic carbocycles. The van der Waals surface area contributed by atoms with Crippen molar-refractivity contribution >= 4 is 21.8 Å². The van der Waals surface area contributed by atoms with Crippen molar-refractivity contribution in [3.05, 3.63) is 29.8 Å². The zero-order chi connectivity index (χ0) is 13.5. The van der Waals surface area contributed by atoms with E-state index in [1.807, 2.05) is 49.9 Å². The maximum Gasteiger partial charge on any atom is 0.257 e. The third kappa shape index (κ3) is 3.73. The minimum absolute atomic E-state index is 0.0218. The van der Waals surface area contributed by atoms with Gasteiger partial charge in [0, 0.05) is 17.9 Å². The van der Waals surface area contributed by atoms with Crippen molar-refractivity contribution in [3.8, 4) is 5.75 Å². The van der Waals surface area contributed by atoms with E-state index in [-0.39, 0.29) is 11.9 Å². The highest BCUT2D eigenvalue weighted by molar-refractivity contribution is 9.09. The number of carbonyl (C=O) groups excluding carboxylic acids is 1. The molecule has 0 aliphatic heterocycles. The lowest BCUT2D eigenvalue weighted by Gasteiger charge is -2.26. The van der Waals surface area contributed by atoms with Crippen LogP contribution in [0.15, 0.2) is 24.3 Å². The fourth-order valence-electron chi connectivity index (χ4n) is 1.76. The molecule has 1 aromatic carbocycles. The Kier molecular flexibility index (Phi) is 6.19. The van der Waals surface area contributed by atoms with Gasteiger partial charge < -0.3 is 9.64 Å². The van der Waals surface area contributed by atoms with Gasteiger partial charge in [-0.1, -0.05) is 28.1 Å². The summed E-state index contributed by atoms with van der Waals surface area (Å²) in [7, 11) is 0. The molecule has 3 nitrogen and oxygen atoms in total. The molecule has 1 amide bonds. The second-order valence-corrected chi connectivity index (χ2v) is 5.00. The highest BCUT2D eigenvalue weighted by atomic mass is 79.9. The zero-order valence-corrected chi connectivity index (χ0v) is 12.7. The number of ether oxygens (including phenoxy) is 1. The van der Waals surface area contributed by atoms with Gasteiger partial charge in [-0.15, -0.1) is 0 Å². The summed E-state index contributed by atoms with van der Waals surface area (Å²) < 4.78 is 5.51. The zero-order valence-electron chi connectivity index (χ0n) is 11.1. The van der Waals surface area contributed by atoms with Crippen molar-refractivity contribution in [1.29, 1.82) is 0 Å². The van der Waals surface area contributed by atoms with E-state index in [1.54, 1.807) is 0 Å². The van der Waals surface area contributed by atoms with Gasteiger partial charge in [-0.2, -0.15) is 0 Å². The molecule has 0 spiro atoms. The van der Waals surface area contributed by atoms with Crippen LogP contribution in [0.2, 0.25) is 0 Å². The summed E-state index contributed by atoms with van der Waals surface area (Å²) in [5, 5.41) is 0.772. The highest BCUT2D eigenvalue weighted by Crippen LogP contribution is 2.21. The first-order valence-electron chi connectivity index (χ1n) is 6.20. The predicted molar refractivity (Wildman–Crippen MR) is 77.6 cm³/mol. The molecule has 0 aliphatic rings. The van der Waals surface area contributed by atoms with Crippen LogP contribution in [0.25, 0.3) is 0 Å². The normalized spacial score (nSPS) is 10.5. The second-order valence-electron chi connectivity index (χ2n) is 4.21. The Morgan fingerprint density at radius 2 is 2.06 bits per heavy atom. The summed E-state index contributed by atoms with van der Waals surface area (Å²) in [6.07, 6.45) is 0. The van der Waals surface area contributed by atoms with Gasteiger partial charge in [0.1, 0.15) is 5.75 Å². The van der Waals surface area contributed by atoms with Crippen LogP contribution in [0, 0.1) is 0 Å². The first-order valence-corrected chi connectivity index (χ1v) is 7.32. The molecule has 4 heteroatoms. The Hall–Kier alpha value is -1.03. The minimum atomic E-state index is 0.0218. The number of benzene rings is 1. The molecule has 0 saturated carbocycles. The van der Waals surface area contributed by atoms with E-state index < -0.39 is 0 Å². The van der Waals surface area contributed by atoms with E-state index in [9.17, 15) is 4.79 Å². The van der Waals surface area contributed by atoms with Gasteiger partial charge in [-0.05, 0) is 32.9 Å². The third-order valence-corrected chi connectivity index (χ3v) is 2.98. The SMILES string of the molecule is CCOc1ccccc1C(=O)N(CCBr)C(C)C. The largest absolute Gasteiger partial charge is 0.493 e. The van der Waals surface area contributed by atoms with E-state index in [0.717, 1.165) is 5.33 Å². The molecule has 0 fully saturated rings. The van der Waals surface area contributed by atoms with Crippen LogP contribution in [0.3, 0.4) is 0 Å². The predicted octanol–water partition coefficient (Wildman–Crippen LogP) is 3.33. The molecule has 0 N–H and O–H groups in total. The Labute approximate surface area is 117 Å². The molecule has 1 aromatic rings. The van der Waals surface area contributed by atoms with Gasteiger partial charge >= 0.3 is 0 Å². The van der Waals surface area contributed by atoms with Gasteiger partial charge in [0.2, 0.25) is 0 Å². The Morgan fingerprint density at radius 3 is 2.61 bits per heavy atom. The van der Waals surface area contributed by atoms with Gasteiger partial charge in [-0.25, -0.2) is 0 Å². The quantitative estimate of drug-likeness (QED) is 0.754. The number of nitrogens with zero attached hydrogens (tertiary/aromatic N) is 1. The van der Waals surface area contributed by atoms with Crippen LogP contribution >= 0.6 is 15.9 Å². The Balaban J connectivity index is 3.00. The lowest BCUT2D eigenvalue weighted by molar-refractivity contribution is 0.0715. The third-order valence-electron chi connectivity index (χ3n) is 2.63. The van der Waals surface area contributed by atoms with Gasteiger partial charge in [0.15, 0.2) is 0 Å². The molecule has 1 rings (SSSR count). The minimum Gasteiger partial charge on any atom is -0.493 e. The van der Waals surface area contributed by atoms with Crippen molar-refractivity contribution in [3.63, 3.8) is 0 Å². The average molecular weight is 314 g/mol. The molecular formula is C14H20BrNO2. The maximum absolute atomic E-state index is 12.5. The molecule has 0 heterocycles. The fourth-order valence-corrected chi connectivity index (χ4v) is 2.15. The Bertz CT molecular complexity index is 393. The number of alkyl halides is 1. The monoisotopic (exact) mass is 313 g/mol. The molecule has 0 bridgehead atoms. The summed E-state index contributed by atoms with van der Waals surface area (Å²) in [5.74, 6) is 0.679. The average Bonchev–Trinajstić information content (AvgIpc) is 2.36. The number of para-hydroxylation sites is 1. The van der Waals surface area contributed by atoms with Crippen molar-refractivity contribution in [1.82, 2.24) is 4.90 Å². The van der Waals surface area contributed by atoms with E-state index in [1.165, 1.54) is 0 Å². The van der Waals surface area contributed by atoms with E-state index in [2.05, 4.69) is 15.9 Å². The van der Waals surface area contributed by atoms with Gasteiger partial charge in [0.25, 0.3) is 5.91 Å². The van der Waals surface area contributed by atoms with E-state index >= 15 is 0 Å². The molecular weight excluding hydrogens is 294 g/mol. The maximum atomic E-state index is 12.5. The molecule has 0 aromatic heterocycles. The standard InChI is InChI=1S/C14H20BrNO2/c1-4-18-13-8-6-5-7-12(13)14(17)16(10-9-15)11(2)3/h5-8,11H,4,9-10H2,1-3H3. The summed E-state index contributed by atoms with van der Waals surface area (Å²) in [5.41, 5.74) is 0.633. The van der Waals surface area contributed by atoms with Crippen LogP contribution in [0.1, 0.15) is 31.1 Å². The molecule has 0 saturated heterocycles. The van der Waals surface area contributed by atoms with Crippen molar-refractivity contribution in [2.24, 2.45) is 0 Å². The van der Waals surface area contributed by atoms with Gasteiger partial charge in [0.05, 0.1) is 12.2 Å². The van der Waals surface area contributed by atoms with Crippen LogP contribution < -0.4 is 4.74 Å². The smallest absolute Gasteiger partial charge is 0.257 e. The first kappa shape index (κ1) is 15.0. The number of hydrogen-bond donors (Lipinski definition) is 0. The van der Waals surface area contributed by atoms with Crippen molar-refractivity contribution < 1.29 is 9.53 Å². The van der Waals surface area contributed by atoms with Crippen LogP contribution in [-0.2, 0) is 0 Å². The van der Waals surface area contributed by atoms with E-state index in [0.29, 0.717) is 24.5 Å². The number of carbonyl (C=O) groups is 1. The van der Waals surface area contributed by atoms with Crippen molar-refractivity contribution in [2.75, 3.05) is 18.5 Å². The highest BCUT2D eigenvalue weighted by Gasteiger charge is 2.21. The number of hydrogen-bond acceptors (Lipinski definition) is 2. The van der Waals surface area contributed by atoms with Crippen molar-refractivity contribution in [2.45, 2.75) is 26.8 Å². The molecule has 0 radical (unpaired) electrons. The number of halogens is 1. The topological polar surface area (TPSA) is 29.5 Å². The molecule has 0 unspecified atom stereocenters. The molecule has 18 heavy (non-hydrogen) atoms. The fraction of sp³-hybridized carbons (Fsp3) is 0.500. The first-order chi connectivity index (χ1) is 8.61. The molecule has 100 valence electrons. The summed E-state index contributed by atoms with van der Waals surface area (Å²) >= 11 is 3.38. The number of amides is 1. The second kappa shape index (κ2) is 7.41. The van der Waals surface area contributed by atoms with Crippen LogP contribution in [0.5, 0.6) is 5.75 Å². The summed E-state index contributed by atoms with van der Waals surface area (Å²) in [6, 6.07) is 7.57. The van der Waals surface area contributed by atoms with Crippen LogP contribution in [0.4, 0.5) is 0 Å². The summed E-state index contributed by atoms with van der Waals surface area (Å²) in [4.78, 5) is 14.3.